The van der Waals surface area contributed by atoms with E-state index in [2.05, 4.69) is 11.4 Å². The van der Waals surface area contributed by atoms with Crippen molar-refractivity contribution in [2.45, 2.75) is 38.0 Å². The van der Waals surface area contributed by atoms with Crippen LogP contribution in [-0.2, 0) is 16.1 Å². The third-order valence-electron chi connectivity index (χ3n) is 5.00. The average Bonchev–Trinajstić information content (AvgIpc) is 3.12. The fourth-order valence-corrected chi connectivity index (χ4v) is 3.46. The average molecular weight is 356 g/mol. The summed E-state index contributed by atoms with van der Waals surface area (Å²) in [5, 5.41) is 2.32. The van der Waals surface area contributed by atoms with Gasteiger partial charge in [-0.05, 0) is 24.3 Å². The minimum absolute atomic E-state index is 0.147. The van der Waals surface area contributed by atoms with Crippen molar-refractivity contribution in [3.05, 3.63) is 48.0 Å². The summed E-state index contributed by atoms with van der Waals surface area (Å²) in [5.41, 5.74) is 7.13. The van der Waals surface area contributed by atoms with Crippen molar-refractivity contribution in [2.24, 2.45) is 11.7 Å². The van der Waals surface area contributed by atoms with Gasteiger partial charge in [-0.1, -0.05) is 42.5 Å². The molecule has 1 aromatic rings. The van der Waals surface area contributed by atoms with Crippen LogP contribution in [0.2, 0.25) is 0 Å². The summed E-state index contributed by atoms with van der Waals surface area (Å²) in [4.78, 5) is 39.9. The number of amides is 4. The van der Waals surface area contributed by atoms with Crippen LogP contribution in [0.4, 0.5) is 4.79 Å². The van der Waals surface area contributed by atoms with Crippen molar-refractivity contribution in [1.82, 2.24) is 15.1 Å². The summed E-state index contributed by atoms with van der Waals surface area (Å²) < 4.78 is 0. The van der Waals surface area contributed by atoms with Crippen LogP contribution in [0.5, 0.6) is 0 Å². The molecule has 0 bridgehead atoms. The van der Waals surface area contributed by atoms with Crippen molar-refractivity contribution in [2.75, 3.05) is 7.05 Å². The molecule has 0 spiro atoms. The number of nitrogens with zero attached hydrogens (tertiary/aromatic N) is 2. The molecule has 1 heterocycles. The van der Waals surface area contributed by atoms with E-state index in [1.54, 1.807) is 7.05 Å². The Bertz CT molecular complexity index is 719. The van der Waals surface area contributed by atoms with Gasteiger partial charge in [-0.3, -0.25) is 14.9 Å². The lowest BCUT2D eigenvalue weighted by Gasteiger charge is -2.41. The van der Waals surface area contributed by atoms with Crippen LogP contribution in [0.15, 0.2) is 42.5 Å². The fourth-order valence-electron chi connectivity index (χ4n) is 3.46. The van der Waals surface area contributed by atoms with Crippen LogP contribution < -0.4 is 11.1 Å². The van der Waals surface area contributed by atoms with Gasteiger partial charge in [0.05, 0.1) is 0 Å². The number of urea groups is 1. The molecule has 1 aliphatic carbocycles. The number of hydrogen-bond acceptors (Lipinski definition) is 4. The molecule has 3 unspecified atom stereocenters. The molecular formula is C19H24N4O3. The number of nitrogens with one attached hydrogen (secondary N) is 1. The Morgan fingerprint density at radius 2 is 2.04 bits per heavy atom. The summed E-state index contributed by atoms with van der Waals surface area (Å²) in [6, 6.07) is 7.94. The normalized spacial score (nSPS) is 25.3. The first-order valence-corrected chi connectivity index (χ1v) is 8.80. The minimum atomic E-state index is -0.908. The maximum absolute atomic E-state index is 12.6. The first kappa shape index (κ1) is 18.1. The maximum Gasteiger partial charge on any atom is 0.325 e. The van der Waals surface area contributed by atoms with Crippen molar-refractivity contribution in [3.63, 3.8) is 0 Å². The van der Waals surface area contributed by atoms with Crippen molar-refractivity contribution in [3.8, 4) is 0 Å². The lowest BCUT2D eigenvalue weighted by atomic mass is 10.0. The molecule has 26 heavy (non-hydrogen) atoms. The van der Waals surface area contributed by atoms with E-state index in [1.165, 1.54) is 9.80 Å². The molecule has 4 amide bonds. The Morgan fingerprint density at radius 3 is 2.69 bits per heavy atom. The third kappa shape index (κ3) is 3.77. The highest BCUT2D eigenvalue weighted by atomic mass is 16.2. The largest absolute Gasteiger partial charge is 0.330 e. The van der Waals surface area contributed by atoms with E-state index >= 15 is 0 Å². The third-order valence-corrected chi connectivity index (χ3v) is 5.00. The van der Waals surface area contributed by atoms with Gasteiger partial charge in [0.1, 0.15) is 12.2 Å². The molecule has 2 aliphatic rings. The van der Waals surface area contributed by atoms with Crippen molar-refractivity contribution < 1.29 is 14.4 Å². The highest BCUT2D eigenvalue weighted by molar-refractivity contribution is 6.01. The maximum atomic E-state index is 12.6. The van der Waals surface area contributed by atoms with E-state index in [-0.39, 0.29) is 18.4 Å². The Hall–Kier alpha value is -2.67. The topological polar surface area (TPSA) is 95.7 Å². The summed E-state index contributed by atoms with van der Waals surface area (Å²) in [7, 11) is 1.57. The summed E-state index contributed by atoms with van der Waals surface area (Å²) in [6.07, 6.45) is 5.47. The summed E-state index contributed by atoms with van der Waals surface area (Å²) in [6.45, 7) is 0.269. The molecule has 0 saturated carbocycles. The number of likely N-dealkylation sites (N-methyl/N-ethyl adjacent to an activating group) is 1. The van der Waals surface area contributed by atoms with Crippen molar-refractivity contribution in [1.29, 1.82) is 0 Å². The van der Waals surface area contributed by atoms with E-state index < -0.39 is 24.1 Å². The molecule has 3 N–H and O–H groups in total. The number of rotatable bonds is 5. The van der Waals surface area contributed by atoms with Gasteiger partial charge >= 0.3 is 6.03 Å². The predicted molar refractivity (Wildman–Crippen MR) is 96.5 cm³/mol. The molecule has 1 aromatic carbocycles. The van der Waals surface area contributed by atoms with E-state index in [9.17, 15) is 14.4 Å². The van der Waals surface area contributed by atoms with Crippen LogP contribution in [0.1, 0.15) is 24.8 Å². The Balaban J connectivity index is 1.72. The Kier molecular flexibility index (Phi) is 5.37. The highest BCUT2D eigenvalue weighted by Crippen LogP contribution is 2.23. The second-order valence-corrected chi connectivity index (χ2v) is 6.82. The Morgan fingerprint density at radius 1 is 1.31 bits per heavy atom. The molecule has 1 fully saturated rings. The fraction of sp³-hybridized carbons (Fsp3) is 0.421. The van der Waals surface area contributed by atoms with Gasteiger partial charge in [0, 0.05) is 20.0 Å². The Labute approximate surface area is 152 Å². The van der Waals surface area contributed by atoms with Crippen molar-refractivity contribution >= 4 is 17.8 Å². The zero-order chi connectivity index (χ0) is 18.7. The second kappa shape index (κ2) is 7.70. The molecule has 3 rings (SSSR count). The van der Waals surface area contributed by atoms with Crippen LogP contribution in [0, 0.1) is 5.92 Å². The predicted octanol–water partition coefficient (Wildman–Crippen LogP) is 1.21. The molecule has 0 radical (unpaired) electrons. The monoisotopic (exact) mass is 356 g/mol. The number of nitrogens with two attached hydrogens (primary N) is 1. The lowest BCUT2D eigenvalue weighted by molar-refractivity contribution is -0.142. The number of carbonyl (C=O) groups is 3. The van der Waals surface area contributed by atoms with E-state index in [0.29, 0.717) is 6.42 Å². The van der Waals surface area contributed by atoms with Crippen LogP contribution >= 0.6 is 0 Å². The van der Waals surface area contributed by atoms with E-state index in [4.69, 9.17) is 5.73 Å². The summed E-state index contributed by atoms with van der Waals surface area (Å²) in [5.74, 6) is -0.481. The number of benzene rings is 1. The second-order valence-electron chi connectivity index (χ2n) is 6.82. The standard InChI is InChI=1S/C19H24N4O3/c1-22(15(24)11-13-7-5-6-8-13)16-17(20)23(19(26)21-18(16)25)12-14-9-3-2-4-10-14/h2-5,7,9-10,13,16-17H,6,8,11-12,20H2,1H3,(H,21,25,26). The van der Waals surface area contributed by atoms with Gasteiger partial charge in [-0.25, -0.2) is 4.79 Å². The smallest absolute Gasteiger partial charge is 0.325 e. The number of imide groups is 1. The van der Waals surface area contributed by atoms with Gasteiger partial charge in [0.25, 0.3) is 5.91 Å². The first-order chi connectivity index (χ1) is 12.5. The van der Waals surface area contributed by atoms with Gasteiger partial charge in [0.2, 0.25) is 5.91 Å². The van der Waals surface area contributed by atoms with Gasteiger partial charge < -0.3 is 15.5 Å². The molecule has 1 aliphatic heterocycles. The SMILES string of the molecule is CN(C(=O)CC1C=CCC1)C1C(=O)NC(=O)N(Cc2ccccc2)C1N. The number of carbonyl (C=O) groups excluding carboxylic acids is 3. The molecule has 1 saturated heterocycles. The van der Waals surface area contributed by atoms with E-state index in [1.807, 2.05) is 36.4 Å². The number of allylic oxidation sites excluding steroid dienone is 2. The zero-order valence-corrected chi connectivity index (χ0v) is 14.8. The molecule has 7 nitrogen and oxygen atoms in total. The summed E-state index contributed by atoms with van der Waals surface area (Å²) >= 11 is 0. The van der Waals surface area contributed by atoms with E-state index in [0.717, 1.165) is 18.4 Å². The first-order valence-electron chi connectivity index (χ1n) is 8.80. The zero-order valence-electron chi connectivity index (χ0n) is 14.8. The van der Waals surface area contributed by atoms with Gasteiger partial charge in [-0.2, -0.15) is 0 Å². The molecule has 138 valence electrons. The van der Waals surface area contributed by atoms with Gasteiger partial charge in [-0.15, -0.1) is 0 Å². The molecular weight excluding hydrogens is 332 g/mol. The quantitative estimate of drug-likeness (QED) is 0.775. The van der Waals surface area contributed by atoms with Crippen LogP contribution in [0.3, 0.4) is 0 Å². The molecule has 0 aromatic heterocycles. The highest BCUT2D eigenvalue weighted by Gasteiger charge is 2.43. The van der Waals surface area contributed by atoms with Crippen LogP contribution in [0.25, 0.3) is 0 Å². The van der Waals surface area contributed by atoms with Gasteiger partial charge in [0.15, 0.2) is 0 Å². The lowest BCUT2D eigenvalue weighted by Crippen LogP contribution is -2.70. The van der Waals surface area contributed by atoms with Crippen LogP contribution in [-0.4, -0.2) is 46.9 Å². The minimum Gasteiger partial charge on any atom is -0.330 e. The molecule has 7 heteroatoms. The number of hydrogen-bond donors (Lipinski definition) is 2. The molecule has 3 atom stereocenters.